The predicted molar refractivity (Wildman–Crippen MR) is 140 cm³/mol. The van der Waals surface area contributed by atoms with E-state index in [9.17, 15) is 9.59 Å². The van der Waals surface area contributed by atoms with E-state index in [0.717, 1.165) is 12.8 Å². The molecule has 0 atom stereocenters. The molecule has 3 aromatic rings. The van der Waals surface area contributed by atoms with Crippen LogP contribution in [0.4, 0.5) is 11.6 Å². The van der Waals surface area contributed by atoms with Gasteiger partial charge in [-0.3, -0.25) is 14.3 Å². The third-order valence-electron chi connectivity index (χ3n) is 6.12. The molecule has 2 aromatic heterocycles. The summed E-state index contributed by atoms with van der Waals surface area (Å²) in [7, 11) is 0. The van der Waals surface area contributed by atoms with Crippen molar-refractivity contribution in [2.45, 2.75) is 39.7 Å². The number of piperidine rings is 1. The Morgan fingerprint density at radius 3 is 2.62 bits per heavy atom. The molecule has 2 amide bonds. The Morgan fingerprint density at radius 2 is 1.92 bits per heavy atom. The van der Waals surface area contributed by atoms with Crippen molar-refractivity contribution in [1.29, 1.82) is 5.26 Å². The first-order valence-electron chi connectivity index (χ1n) is 12.0. The van der Waals surface area contributed by atoms with E-state index in [4.69, 9.17) is 16.9 Å². The van der Waals surface area contributed by atoms with Gasteiger partial charge in [-0.05, 0) is 18.9 Å². The second-order valence-corrected chi connectivity index (χ2v) is 10.3. The maximum Gasteiger partial charge on any atom is 0.252 e. The molecule has 0 saturated carbocycles. The summed E-state index contributed by atoms with van der Waals surface area (Å²) >= 11 is 6.40. The average molecular weight is 521 g/mol. The zero-order valence-corrected chi connectivity index (χ0v) is 21.8. The molecule has 0 bridgehead atoms. The van der Waals surface area contributed by atoms with E-state index < -0.39 is 5.91 Å². The zero-order chi connectivity index (χ0) is 26.6. The Kier molecular flexibility index (Phi) is 7.74. The number of nitrogens with one attached hydrogen (secondary N) is 2. The topological polar surface area (TPSA) is 129 Å². The first-order valence-corrected chi connectivity index (χ1v) is 12.4. The number of halogens is 1. The third-order valence-corrected chi connectivity index (χ3v) is 6.40. The molecule has 1 aromatic carbocycles. The highest BCUT2D eigenvalue weighted by molar-refractivity contribution is 6.33. The van der Waals surface area contributed by atoms with Crippen LogP contribution in [-0.2, 0) is 4.79 Å². The maximum atomic E-state index is 12.6. The van der Waals surface area contributed by atoms with Crippen LogP contribution >= 0.6 is 11.6 Å². The number of carbonyl (C=O) groups is 2. The van der Waals surface area contributed by atoms with Crippen molar-refractivity contribution in [3.63, 3.8) is 0 Å². The first kappa shape index (κ1) is 26.1. The van der Waals surface area contributed by atoms with Gasteiger partial charge in [0, 0.05) is 35.8 Å². The van der Waals surface area contributed by atoms with Crippen LogP contribution < -0.4 is 10.6 Å². The van der Waals surface area contributed by atoms with Crippen molar-refractivity contribution >= 4 is 35.1 Å². The van der Waals surface area contributed by atoms with Gasteiger partial charge < -0.3 is 15.5 Å². The fourth-order valence-electron chi connectivity index (χ4n) is 4.26. The molecule has 192 valence electrons. The van der Waals surface area contributed by atoms with Gasteiger partial charge in [0.2, 0.25) is 11.9 Å². The summed E-state index contributed by atoms with van der Waals surface area (Å²) in [6.45, 7) is 7.13. The molecule has 4 rings (SSSR count). The first-order chi connectivity index (χ1) is 17.7. The predicted octanol–water partition coefficient (Wildman–Crippen LogP) is 4.20. The minimum atomic E-state index is -0.391. The van der Waals surface area contributed by atoms with Gasteiger partial charge in [-0.2, -0.15) is 10.4 Å². The van der Waals surface area contributed by atoms with Gasteiger partial charge in [-0.1, -0.05) is 50.6 Å². The standard InChI is InChI=1S/C26H29ClN8O2/c1-26(2,3)24(37)34-12-8-18(9-13-34)35-16-17(14-31-35)32-25-30-15-21(27)22(33-25)19-6-4-5-7-20(19)23(36)29-11-10-28/h4-7,14-16,18H,8-9,11-13H2,1-3H3,(H,29,36)(H,30,32,33). The van der Waals surface area contributed by atoms with Crippen LogP contribution in [0.3, 0.4) is 0 Å². The highest BCUT2D eigenvalue weighted by Gasteiger charge is 2.31. The van der Waals surface area contributed by atoms with Crippen LogP contribution in [0.25, 0.3) is 11.3 Å². The van der Waals surface area contributed by atoms with Crippen LogP contribution in [0, 0.1) is 16.7 Å². The number of aromatic nitrogens is 4. The van der Waals surface area contributed by atoms with Crippen molar-refractivity contribution in [2.75, 3.05) is 25.0 Å². The van der Waals surface area contributed by atoms with E-state index in [2.05, 4.69) is 25.7 Å². The Hall–Kier alpha value is -3.97. The number of hydrogen-bond acceptors (Lipinski definition) is 7. The number of nitrogens with zero attached hydrogens (tertiary/aromatic N) is 6. The number of benzene rings is 1. The molecular weight excluding hydrogens is 492 g/mol. The number of likely N-dealkylation sites (tertiary alicyclic amines) is 1. The molecule has 11 heteroatoms. The molecule has 3 heterocycles. The monoisotopic (exact) mass is 520 g/mol. The Balaban J connectivity index is 1.47. The van der Waals surface area contributed by atoms with E-state index in [1.807, 2.05) is 42.6 Å². The maximum absolute atomic E-state index is 12.6. The highest BCUT2D eigenvalue weighted by Crippen LogP contribution is 2.31. The van der Waals surface area contributed by atoms with E-state index in [1.165, 1.54) is 6.20 Å². The fraction of sp³-hybridized carbons (Fsp3) is 0.385. The van der Waals surface area contributed by atoms with Crippen LogP contribution in [0.1, 0.15) is 50.0 Å². The van der Waals surface area contributed by atoms with Gasteiger partial charge >= 0.3 is 0 Å². The summed E-state index contributed by atoms with van der Waals surface area (Å²) in [4.78, 5) is 35.9. The van der Waals surface area contributed by atoms with Gasteiger partial charge in [0.15, 0.2) is 0 Å². The van der Waals surface area contributed by atoms with Crippen LogP contribution in [0.5, 0.6) is 0 Å². The summed E-state index contributed by atoms with van der Waals surface area (Å²) in [6, 6.07) is 9.00. The summed E-state index contributed by atoms with van der Waals surface area (Å²) in [6.07, 6.45) is 6.73. The second-order valence-electron chi connectivity index (χ2n) is 9.88. The van der Waals surface area contributed by atoms with Crippen molar-refractivity contribution in [2.24, 2.45) is 5.41 Å². The second kappa shape index (κ2) is 11.0. The van der Waals surface area contributed by atoms with Crippen molar-refractivity contribution in [3.05, 3.63) is 53.4 Å². The van der Waals surface area contributed by atoms with Crippen molar-refractivity contribution in [3.8, 4) is 17.3 Å². The average Bonchev–Trinajstić information content (AvgIpc) is 3.36. The summed E-state index contributed by atoms with van der Waals surface area (Å²) < 4.78 is 1.91. The molecule has 10 nitrogen and oxygen atoms in total. The lowest BCUT2D eigenvalue weighted by atomic mass is 9.93. The van der Waals surface area contributed by atoms with E-state index >= 15 is 0 Å². The summed E-state index contributed by atoms with van der Waals surface area (Å²) in [5.41, 5.74) is 1.61. The van der Waals surface area contributed by atoms with Gasteiger partial charge in [0.05, 0.1) is 40.9 Å². The minimum absolute atomic E-state index is 0.104. The number of nitriles is 1. The van der Waals surface area contributed by atoms with Crippen LogP contribution in [0.2, 0.25) is 5.02 Å². The molecule has 1 saturated heterocycles. The lowest BCUT2D eigenvalue weighted by Crippen LogP contribution is -2.44. The van der Waals surface area contributed by atoms with E-state index in [-0.39, 0.29) is 23.9 Å². The molecular formula is C26H29ClN8O2. The quantitative estimate of drug-likeness (QED) is 0.466. The molecule has 2 N–H and O–H groups in total. The molecule has 1 aliphatic rings. The van der Waals surface area contributed by atoms with Gasteiger partial charge in [0.25, 0.3) is 5.91 Å². The van der Waals surface area contributed by atoms with Gasteiger partial charge in [-0.15, -0.1) is 0 Å². The van der Waals surface area contributed by atoms with Gasteiger partial charge in [0.1, 0.15) is 6.54 Å². The molecule has 0 unspecified atom stereocenters. The molecule has 1 aliphatic heterocycles. The normalized spacial score (nSPS) is 14.2. The number of rotatable bonds is 6. The number of anilines is 2. The molecule has 0 radical (unpaired) electrons. The SMILES string of the molecule is CC(C)(C)C(=O)N1CCC(n2cc(Nc3ncc(Cl)c(-c4ccccc4C(=O)NCC#N)n3)cn2)CC1. The van der Waals surface area contributed by atoms with Crippen molar-refractivity contribution < 1.29 is 9.59 Å². The van der Waals surface area contributed by atoms with Crippen LogP contribution in [-0.4, -0.2) is 56.1 Å². The molecule has 0 aliphatic carbocycles. The van der Waals surface area contributed by atoms with Crippen LogP contribution in [0.15, 0.2) is 42.9 Å². The smallest absolute Gasteiger partial charge is 0.252 e. The summed E-state index contributed by atoms with van der Waals surface area (Å²) in [5, 5.41) is 19.3. The van der Waals surface area contributed by atoms with Crippen molar-refractivity contribution in [1.82, 2.24) is 30.0 Å². The molecule has 0 spiro atoms. The van der Waals surface area contributed by atoms with Gasteiger partial charge in [-0.25, -0.2) is 9.97 Å². The zero-order valence-electron chi connectivity index (χ0n) is 21.0. The number of amides is 2. The molecule has 1 fully saturated rings. The number of carbonyl (C=O) groups excluding carboxylic acids is 2. The largest absolute Gasteiger partial charge is 0.342 e. The Morgan fingerprint density at radius 1 is 1.19 bits per heavy atom. The minimum Gasteiger partial charge on any atom is -0.342 e. The Bertz CT molecular complexity index is 1330. The molecule has 37 heavy (non-hydrogen) atoms. The summed E-state index contributed by atoms with van der Waals surface area (Å²) in [5.74, 6) is 0.0863. The fourth-order valence-corrected chi connectivity index (χ4v) is 4.45. The lowest BCUT2D eigenvalue weighted by molar-refractivity contribution is -0.140. The van der Waals surface area contributed by atoms with E-state index in [0.29, 0.717) is 46.6 Å². The van der Waals surface area contributed by atoms with E-state index in [1.54, 1.807) is 30.5 Å². The highest BCUT2D eigenvalue weighted by atomic mass is 35.5. The number of hydrogen-bond donors (Lipinski definition) is 2. The lowest BCUT2D eigenvalue weighted by Gasteiger charge is -2.35. The Labute approximate surface area is 220 Å². The third kappa shape index (κ3) is 6.06.